The molecular formula is C23H21F9O4S. The van der Waals surface area contributed by atoms with Crippen molar-refractivity contribution < 1.29 is 56.9 Å². The van der Waals surface area contributed by atoms with Crippen LogP contribution in [0.25, 0.3) is 5.57 Å². The Balaban J connectivity index is 2.23. The van der Waals surface area contributed by atoms with Gasteiger partial charge in [0.1, 0.15) is 0 Å². The third kappa shape index (κ3) is 6.00. The maximum absolute atomic E-state index is 16.1. The summed E-state index contributed by atoms with van der Waals surface area (Å²) < 4.78 is 156. The van der Waals surface area contributed by atoms with Gasteiger partial charge in [-0.05, 0) is 42.9 Å². The molecule has 3 rings (SSSR count). The molecule has 0 fully saturated rings. The van der Waals surface area contributed by atoms with E-state index in [0.29, 0.717) is 31.1 Å². The second-order valence-electron chi connectivity index (χ2n) is 8.56. The fourth-order valence-corrected chi connectivity index (χ4v) is 4.92. The highest BCUT2D eigenvalue weighted by atomic mass is 32.2. The molecule has 3 atom stereocenters. The number of ether oxygens (including phenoxy) is 1. The van der Waals surface area contributed by atoms with Crippen LogP contribution in [0.4, 0.5) is 39.5 Å². The lowest BCUT2D eigenvalue weighted by atomic mass is 9.74. The monoisotopic (exact) mass is 564 g/mol. The molecule has 0 heterocycles. The van der Waals surface area contributed by atoms with Crippen LogP contribution in [-0.2, 0) is 19.0 Å². The number of benzene rings is 1. The lowest BCUT2D eigenvalue weighted by Crippen LogP contribution is -2.50. The van der Waals surface area contributed by atoms with Crippen molar-refractivity contribution in [3.05, 3.63) is 65.0 Å². The minimum Gasteiger partial charge on any atom is -0.377 e. The first kappa shape index (κ1) is 29.1. The maximum Gasteiger partial charge on any atom is 0.534 e. The van der Waals surface area contributed by atoms with Crippen LogP contribution in [0.1, 0.15) is 44.6 Å². The van der Waals surface area contributed by atoms with E-state index in [9.17, 15) is 43.5 Å². The normalized spacial score (nSPS) is 25.3. The van der Waals surface area contributed by atoms with Crippen molar-refractivity contribution in [1.82, 2.24) is 0 Å². The van der Waals surface area contributed by atoms with E-state index in [-0.39, 0.29) is 24.3 Å². The standard InChI is InChI=1S/C23H21F9O4S/c1-2-4-13-7-9-14(10-8-13)21(36-22(27,28)29)12-11-16(15-5-3-6-17(24)18(15)25)19(20(21)26)35-37(33,34)23(30,31)32/h3,5-6,9,11-13,20H,2,4,7-8,10H2,1H3. The number of halogens is 9. The summed E-state index contributed by atoms with van der Waals surface area (Å²) in [4.78, 5) is 0. The predicted molar refractivity (Wildman–Crippen MR) is 114 cm³/mol. The Bertz CT molecular complexity index is 1220. The molecule has 206 valence electrons. The van der Waals surface area contributed by atoms with Gasteiger partial charge in [-0.15, -0.1) is 13.2 Å². The Hall–Kier alpha value is -2.48. The van der Waals surface area contributed by atoms with Gasteiger partial charge in [-0.2, -0.15) is 21.6 Å². The van der Waals surface area contributed by atoms with Crippen molar-refractivity contribution in [2.45, 2.75) is 62.7 Å². The van der Waals surface area contributed by atoms with Crippen LogP contribution in [0, 0.1) is 17.6 Å². The van der Waals surface area contributed by atoms with Gasteiger partial charge in [0.05, 0.1) is 0 Å². The summed E-state index contributed by atoms with van der Waals surface area (Å²) in [5.41, 5.74) is -11.6. The lowest BCUT2D eigenvalue weighted by molar-refractivity contribution is -0.358. The fraction of sp³-hybridized carbons (Fsp3) is 0.478. The molecule has 0 amide bonds. The summed E-state index contributed by atoms with van der Waals surface area (Å²) in [7, 11) is -6.64. The van der Waals surface area contributed by atoms with Gasteiger partial charge in [0.25, 0.3) is 0 Å². The molecular weight excluding hydrogens is 543 g/mol. The summed E-state index contributed by atoms with van der Waals surface area (Å²) in [6.45, 7) is 1.89. The molecule has 1 aromatic carbocycles. The second kappa shape index (κ2) is 10.4. The Morgan fingerprint density at radius 1 is 1.11 bits per heavy atom. The third-order valence-electron chi connectivity index (χ3n) is 6.10. The smallest absolute Gasteiger partial charge is 0.377 e. The fourth-order valence-electron chi connectivity index (χ4n) is 4.42. The Kier molecular flexibility index (Phi) is 8.14. The van der Waals surface area contributed by atoms with Crippen molar-refractivity contribution in [2.75, 3.05) is 0 Å². The first-order valence-electron chi connectivity index (χ1n) is 11.0. The van der Waals surface area contributed by atoms with Crippen molar-refractivity contribution in [3.8, 4) is 0 Å². The van der Waals surface area contributed by atoms with Gasteiger partial charge in [0.2, 0.25) is 0 Å². The van der Waals surface area contributed by atoms with Gasteiger partial charge >= 0.3 is 22.0 Å². The van der Waals surface area contributed by atoms with E-state index in [0.717, 1.165) is 18.6 Å². The molecule has 1 aromatic rings. The molecule has 2 aliphatic carbocycles. The summed E-state index contributed by atoms with van der Waals surface area (Å²) in [6.07, 6.45) is -4.76. The van der Waals surface area contributed by atoms with E-state index < -0.39 is 62.3 Å². The summed E-state index contributed by atoms with van der Waals surface area (Å²) in [5.74, 6) is -5.03. The van der Waals surface area contributed by atoms with E-state index in [1.54, 1.807) is 0 Å². The van der Waals surface area contributed by atoms with Crippen molar-refractivity contribution >= 4 is 15.7 Å². The van der Waals surface area contributed by atoms with Crippen LogP contribution in [0.5, 0.6) is 0 Å². The molecule has 0 spiro atoms. The van der Waals surface area contributed by atoms with Gasteiger partial charge in [-0.25, -0.2) is 13.2 Å². The maximum atomic E-state index is 16.1. The van der Waals surface area contributed by atoms with E-state index in [4.69, 9.17) is 0 Å². The lowest BCUT2D eigenvalue weighted by Gasteiger charge is -2.41. The van der Waals surface area contributed by atoms with Gasteiger partial charge in [0.15, 0.2) is 29.2 Å². The zero-order chi connectivity index (χ0) is 27.8. The average molecular weight is 564 g/mol. The quantitative estimate of drug-likeness (QED) is 0.152. The zero-order valence-corrected chi connectivity index (χ0v) is 19.9. The van der Waals surface area contributed by atoms with Crippen molar-refractivity contribution in [2.24, 2.45) is 5.92 Å². The van der Waals surface area contributed by atoms with Crippen LogP contribution in [0.15, 0.2) is 47.8 Å². The second-order valence-corrected chi connectivity index (χ2v) is 10.1. The van der Waals surface area contributed by atoms with E-state index in [1.807, 2.05) is 6.92 Å². The third-order valence-corrected chi connectivity index (χ3v) is 7.06. The topological polar surface area (TPSA) is 52.6 Å². The molecule has 0 aromatic heterocycles. The SMILES string of the molecule is CCCC1CC=C(C2(OC(F)(F)F)C=CC(c3cccc(F)c3F)=C(OS(=O)(=O)C(F)(F)F)C2F)CC1. The molecule has 0 aliphatic heterocycles. The van der Waals surface area contributed by atoms with Gasteiger partial charge in [0, 0.05) is 11.1 Å². The van der Waals surface area contributed by atoms with Gasteiger partial charge < -0.3 is 4.18 Å². The number of hydrogen-bond donors (Lipinski definition) is 0. The molecule has 0 bridgehead atoms. The van der Waals surface area contributed by atoms with E-state index in [1.165, 1.54) is 6.08 Å². The van der Waals surface area contributed by atoms with Gasteiger partial charge in [-0.1, -0.05) is 44.1 Å². The Labute approximate surface area is 206 Å². The number of alkyl halides is 7. The number of rotatable bonds is 7. The first-order valence-corrected chi connectivity index (χ1v) is 12.4. The average Bonchev–Trinajstić information content (AvgIpc) is 2.78. The summed E-state index contributed by atoms with van der Waals surface area (Å²) >= 11 is 0. The van der Waals surface area contributed by atoms with Gasteiger partial charge in [-0.3, -0.25) is 4.74 Å². The van der Waals surface area contributed by atoms with Crippen LogP contribution in [-0.4, -0.2) is 32.1 Å². The molecule has 2 aliphatic rings. The van der Waals surface area contributed by atoms with E-state index >= 15 is 4.39 Å². The van der Waals surface area contributed by atoms with Crippen molar-refractivity contribution in [3.63, 3.8) is 0 Å². The first-order chi connectivity index (χ1) is 17.0. The van der Waals surface area contributed by atoms with Crippen molar-refractivity contribution in [1.29, 1.82) is 0 Å². The highest BCUT2D eigenvalue weighted by Crippen LogP contribution is 2.49. The minimum absolute atomic E-state index is 0.0520. The summed E-state index contributed by atoms with van der Waals surface area (Å²) in [6, 6.07) is 2.26. The summed E-state index contributed by atoms with van der Waals surface area (Å²) in [5, 5.41) is 0. The molecule has 0 N–H and O–H groups in total. The van der Waals surface area contributed by atoms with E-state index in [2.05, 4.69) is 8.92 Å². The Morgan fingerprint density at radius 2 is 1.78 bits per heavy atom. The number of hydrogen-bond acceptors (Lipinski definition) is 4. The minimum atomic E-state index is -6.64. The highest BCUT2D eigenvalue weighted by Gasteiger charge is 2.57. The van der Waals surface area contributed by atoms with Crippen LogP contribution in [0.2, 0.25) is 0 Å². The molecule has 4 nitrogen and oxygen atoms in total. The predicted octanol–water partition coefficient (Wildman–Crippen LogP) is 7.25. The number of allylic oxidation sites excluding steroid dienone is 3. The largest absolute Gasteiger partial charge is 0.534 e. The zero-order valence-electron chi connectivity index (χ0n) is 19.1. The molecule has 37 heavy (non-hydrogen) atoms. The molecule has 0 saturated heterocycles. The Morgan fingerprint density at radius 3 is 2.32 bits per heavy atom. The van der Waals surface area contributed by atoms with Crippen LogP contribution < -0.4 is 0 Å². The molecule has 14 heteroatoms. The molecule has 0 radical (unpaired) electrons. The van der Waals surface area contributed by atoms with Crippen LogP contribution in [0.3, 0.4) is 0 Å². The molecule has 0 saturated carbocycles. The van der Waals surface area contributed by atoms with Crippen LogP contribution >= 0.6 is 0 Å². The highest BCUT2D eigenvalue weighted by molar-refractivity contribution is 7.87. The molecule has 3 unspecified atom stereocenters.